The molecule has 3 aromatic carbocycles. The normalized spacial score (nSPS) is 10.5. The van der Waals surface area contributed by atoms with Crippen LogP contribution in [0.1, 0.15) is 27.9 Å². The van der Waals surface area contributed by atoms with Gasteiger partial charge in [0.1, 0.15) is 0 Å². The first-order valence-corrected chi connectivity index (χ1v) is 9.84. The van der Waals surface area contributed by atoms with Crippen molar-refractivity contribution in [1.82, 2.24) is 10.6 Å². The number of hydrogen-bond donors (Lipinski definition) is 3. The van der Waals surface area contributed by atoms with Gasteiger partial charge in [0.15, 0.2) is 0 Å². The second-order valence-electron chi connectivity index (χ2n) is 7.16. The number of nitrogens with one attached hydrogen (secondary N) is 3. The van der Waals surface area contributed by atoms with Crippen molar-refractivity contribution in [3.63, 3.8) is 0 Å². The Kier molecular flexibility index (Phi) is 6.80. The maximum absolute atomic E-state index is 12.3. The molecule has 0 saturated heterocycles. The Hall–Kier alpha value is -3.67. The molecule has 0 aromatic heterocycles. The predicted molar refractivity (Wildman–Crippen MR) is 118 cm³/mol. The lowest BCUT2D eigenvalue weighted by Gasteiger charge is -2.12. The highest BCUT2D eigenvalue weighted by molar-refractivity contribution is 5.99. The van der Waals surface area contributed by atoms with Gasteiger partial charge in [-0.05, 0) is 47.9 Å². The van der Waals surface area contributed by atoms with Gasteiger partial charge in [-0.1, -0.05) is 48.5 Å². The molecule has 3 aromatic rings. The highest BCUT2D eigenvalue weighted by Crippen LogP contribution is 2.19. The van der Waals surface area contributed by atoms with Crippen LogP contribution in [-0.4, -0.2) is 30.8 Å². The molecule has 0 bridgehead atoms. The van der Waals surface area contributed by atoms with Crippen LogP contribution in [-0.2, 0) is 9.59 Å². The molecule has 3 amide bonds. The van der Waals surface area contributed by atoms with Gasteiger partial charge in [-0.15, -0.1) is 0 Å². The number of amides is 3. The Bertz CT molecular complexity index is 1070. The first-order chi connectivity index (χ1) is 14.4. The molecule has 3 rings (SSSR count). The molecule has 6 heteroatoms. The van der Waals surface area contributed by atoms with Gasteiger partial charge in [-0.25, -0.2) is 0 Å². The van der Waals surface area contributed by atoms with Gasteiger partial charge < -0.3 is 16.0 Å². The summed E-state index contributed by atoms with van der Waals surface area (Å²) in [6.45, 7) is 3.90. The molecule has 0 aliphatic carbocycles. The molecule has 0 spiro atoms. The van der Waals surface area contributed by atoms with Crippen molar-refractivity contribution < 1.29 is 14.4 Å². The molecule has 0 aliphatic rings. The summed E-state index contributed by atoms with van der Waals surface area (Å²) in [5, 5.41) is 10.2. The zero-order valence-electron chi connectivity index (χ0n) is 17.1. The molecule has 0 heterocycles. The van der Waals surface area contributed by atoms with Crippen LogP contribution >= 0.6 is 0 Å². The Morgan fingerprint density at radius 1 is 0.767 bits per heavy atom. The largest absolute Gasteiger partial charge is 0.352 e. The summed E-state index contributed by atoms with van der Waals surface area (Å²) in [6, 6.07) is 19.0. The Morgan fingerprint density at radius 3 is 2.20 bits per heavy atom. The van der Waals surface area contributed by atoms with Gasteiger partial charge in [-0.2, -0.15) is 0 Å². The Balaban J connectivity index is 1.42. The fourth-order valence-electron chi connectivity index (χ4n) is 3.18. The average Bonchev–Trinajstić information content (AvgIpc) is 2.74. The van der Waals surface area contributed by atoms with E-state index < -0.39 is 0 Å². The predicted octanol–water partition coefficient (Wildman–Crippen LogP) is 3.33. The smallest absolute Gasteiger partial charge is 0.251 e. The summed E-state index contributed by atoms with van der Waals surface area (Å²) in [5.74, 6) is -0.826. The van der Waals surface area contributed by atoms with Crippen LogP contribution in [0.5, 0.6) is 0 Å². The standard InChI is InChI=1S/C24H25N3O3/c1-16-6-5-7-17(2)23(16)27-22(29)15-26-21(28)12-13-25-24(30)20-11-10-18-8-3-4-9-19(18)14-20/h3-11,14H,12-13,15H2,1-2H3,(H,25,30)(H,26,28)(H,27,29). The van der Waals surface area contributed by atoms with Crippen LogP contribution in [0.3, 0.4) is 0 Å². The topological polar surface area (TPSA) is 87.3 Å². The van der Waals surface area contributed by atoms with Crippen LogP contribution in [0.25, 0.3) is 10.8 Å². The maximum Gasteiger partial charge on any atom is 0.251 e. The lowest BCUT2D eigenvalue weighted by Crippen LogP contribution is -2.35. The molecule has 0 radical (unpaired) electrons. The number of hydrogen-bond acceptors (Lipinski definition) is 3. The Morgan fingerprint density at radius 2 is 1.47 bits per heavy atom. The van der Waals surface area contributed by atoms with E-state index in [1.165, 1.54) is 0 Å². The van der Waals surface area contributed by atoms with E-state index in [9.17, 15) is 14.4 Å². The quantitative estimate of drug-likeness (QED) is 0.565. The fourth-order valence-corrected chi connectivity index (χ4v) is 3.18. The van der Waals surface area contributed by atoms with Crippen molar-refractivity contribution >= 4 is 34.2 Å². The minimum atomic E-state index is -0.300. The van der Waals surface area contributed by atoms with Gasteiger partial charge in [0.25, 0.3) is 5.91 Å². The summed E-state index contributed by atoms with van der Waals surface area (Å²) in [6.07, 6.45) is 0.0932. The number of aryl methyl sites for hydroxylation is 2. The molecule has 3 N–H and O–H groups in total. The number of fused-ring (bicyclic) bond motifs is 1. The Labute approximate surface area is 175 Å². The van der Waals surface area contributed by atoms with E-state index in [1.54, 1.807) is 6.07 Å². The second-order valence-corrected chi connectivity index (χ2v) is 7.16. The second kappa shape index (κ2) is 9.69. The van der Waals surface area contributed by atoms with Crippen LogP contribution in [0.4, 0.5) is 5.69 Å². The zero-order chi connectivity index (χ0) is 21.5. The van der Waals surface area contributed by atoms with Crippen LogP contribution in [0.15, 0.2) is 60.7 Å². The van der Waals surface area contributed by atoms with Crippen molar-refractivity contribution in [2.24, 2.45) is 0 Å². The molecule has 0 atom stereocenters. The molecule has 30 heavy (non-hydrogen) atoms. The molecule has 0 saturated carbocycles. The highest BCUT2D eigenvalue weighted by atomic mass is 16.2. The van der Waals surface area contributed by atoms with Gasteiger partial charge in [0.05, 0.1) is 6.54 Å². The number of carbonyl (C=O) groups excluding carboxylic acids is 3. The molecule has 0 fully saturated rings. The van der Waals surface area contributed by atoms with Crippen molar-refractivity contribution in [1.29, 1.82) is 0 Å². The number of carbonyl (C=O) groups is 3. The van der Waals surface area contributed by atoms with Crippen LogP contribution < -0.4 is 16.0 Å². The van der Waals surface area contributed by atoms with E-state index in [1.807, 2.05) is 68.4 Å². The summed E-state index contributed by atoms with van der Waals surface area (Å²) in [7, 11) is 0. The number of para-hydroxylation sites is 1. The van der Waals surface area contributed by atoms with Crippen molar-refractivity contribution in [2.45, 2.75) is 20.3 Å². The highest BCUT2D eigenvalue weighted by Gasteiger charge is 2.10. The maximum atomic E-state index is 12.3. The molecular formula is C24H25N3O3. The lowest BCUT2D eigenvalue weighted by atomic mass is 10.1. The average molecular weight is 403 g/mol. The third-order valence-corrected chi connectivity index (χ3v) is 4.84. The summed E-state index contributed by atoms with van der Waals surface area (Å²) < 4.78 is 0. The molecule has 6 nitrogen and oxygen atoms in total. The minimum Gasteiger partial charge on any atom is -0.352 e. The van der Waals surface area contributed by atoms with E-state index >= 15 is 0 Å². The van der Waals surface area contributed by atoms with Gasteiger partial charge in [-0.3, -0.25) is 14.4 Å². The van der Waals surface area contributed by atoms with Gasteiger partial charge in [0, 0.05) is 24.2 Å². The molecule has 154 valence electrons. The van der Waals surface area contributed by atoms with Crippen LogP contribution in [0, 0.1) is 13.8 Å². The third-order valence-electron chi connectivity index (χ3n) is 4.84. The molecule has 0 unspecified atom stereocenters. The lowest BCUT2D eigenvalue weighted by molar-refractivity contribution is -0.124. The number of benzene rings is 3. The summed E-state index contributed by atoms with van der Waals surface area (Å²) in [4.78, 5) is 36.4. The van der Waals surface area contributed by atoms with E-state index in [0.29, 0.717) is 5.56 Å². The fraction of sp³-hybridized carbons (Fsp3) is 0.208. The number of anilines is 1. The summed E-state index contributed by atoms with van der Waals surface area (Å²) in [5.41, 5.74) is 3.23. The first-order valence-electron chi connectivity index (χ1n) is 9.84. The van der Waals surface area contributed by atoms with E-state index in [0.717, 1.165) is 27.6 Å². The van der Waals surface area contributed by atoms with Crippen molar-refractivity contribution in [3.8, 4) is 0 Å². The monoisotopic (exact) mass is 403 g/mol. The molecule has 0 aliphatic heterocycles. The van der Waals surface area contributed by atoms with Crippen molar-refractivity contribution in [3.05, 3.63) is 77.4 Å². The van der Waals surface area contributed by atoms with E-state index in [2.05, 4.69) is 16.0 Å². The SMILES string of the molecule is Cc1cccc(C)c1NC(=O)CNC(=O)CCNC(=O)c1ccc2ccccc2c1. The summed E-state index contributed by atoms with van der Waals surface area (Å²) >= 11 is 0. The van der Waals surface area contributed by atoms with Gasteiger partial charge >= 0.3 is 0 Å². The first kappa shape index (κ1) is 21.0. The third kappa shape index (κ3) is 5.44. The minimum absolute atomic E-state index is 0.0932. The molecular weight excluding hydrogens is 378 g/mol. The van der Waals surface area contributed by atoms with Crippen LogP contribution in [0.2, 0.25) is 0 Å². The number of rotatable bonds is 7. The van der Waals surface area contributed by atoms with Gasteiger partial charge in [0.2, 0.25) is 11.8 Å². The van der Waals surface area contributed by atoms with Crippen molar-refractivity contribution in [2.75, 3.05) is 18.4 Å². The van der Waals surface area contributed by atoms with E-state index in [4.69, 9.17) is 0 Å². The zero-order valence-corrected chi connectivity index (χ0v) is 17.1. The van der Waals surface area contributed by atoms with E-state index in [-0.39, 0.29) is 37.2 Å².